The molecule has 0 aliphatic rings. The van der Waals surface area contributed by atoms with Gasteiger partial charge in [0, 0.05) is 29.4 Å². The fourth-order valence-corrected chi connectivity index (χ4v) is 3.83. The molecule has 0 aliphatic carbocycles. The first-order chi connectivity index (χ1) is 11.5. The number of rotatable bonds is 4. The van der Waals surface area contributed by atoms with Crippen molar-refractivity contribution in [1.82, 2.24) is 9.55 Å². The van der Waals surface area contributed by atoms with E-state index in [4.69, 9.17) is 0 Å². The second kappa shape index (κ2) is 6.81. The highest BCUT2D eigenvalue weighted by molar-refractivity contribution is 7.99. The summed E-state index contributed by atoms with van der Waals surface area (Å²) in [4.78, 5) is 5.66. The molecule has 24 heavy (non-hydrogen) atoms. The van der Waals surface area contributed by atoms with Crippen molar-refractivity contribution in [3.63, 3.8) is 0 Å². The van der Waals surface area contributed by atoms with Gasteiger partial charge in [0.1, 0.15) is 11.6 Å². The molecule has 124 valence electrons. The van der Waals surface area contributed by atoms with Crippen molar-refractivity contribution in [3.8, 4) is 0 Å². The summed E-state index contributed by atoms with van der Waals surface area (Å²) in [6, 6.07) is 13.6. The van der Waals surface area contributed by atoms with Crippen LogP contribution in [0.1, 0.15) is 33.5 Å². The number of aromatic nitrogens is 2. The van der Waals surface area contributed by atoms with Gasteiger partial charge >= 0.3 is 0 Å². The van der Waals surface area contributed by atoms with Gasteiger partial charge in [0.2, 0.25) is 0 Å². The molecule has 0 spiro atoms. The van der Waals surface area contributed by atoms with Gasteiger partial charge in [-0.05, 0) is 39.0 Å². The van der Waals surface area contributed by atoms with Gasteiger partial charge in [-0.2, -0.15) is 0 Å². The van der Waals surface area contributed by atoms with Gasteiger partial charge in [0.05, 0.1) is 5.25 Å². The monoisotopic (exact) mass is 340 g/mol. The Kier molecular flexibility index (Phi) is 4.76. The molecule has 1 unspecified atom stereocenters. The van der Waals surface area contributed by atoms with Crippen LogP contribution in [0.25, 0.3) is 0 Å². The molecule has 0 bridgehead atoms. The number of nitrogens with zero attached hydrogens (tertiary/aromatic N) is 2. The number of benzene rings is 2. The smallest absolute Gasteiger partial charge is 0.128 e. The summed E-state index contributed by atoms with van der Waals surface area (Å²) in [7, 11) is 1.98. The zero-order valence-corrected chi connectivity index (χ0v) is 15.2. The van der Waals surface area contributed by atoms with Gasteiger partial charge in [-0.3, -0.25) is 0 Å². The van der Waals surface area contributed by atoms with Gasteiger partial charge in [-0.25, -0.2) is 9.37 Å². The van der Waals surface area contributed by atoms with E-state index in [1.807, 2.05) is 37.7 Å². The van der Waals surface area contributed by atoms with E-state index in [9.17, 15) is 4.39 Å². The van der Waals surface area contributed by atoms with Crippen molar-refractivity contribution in [3.05, 3.63) is 82.7 Å². The largest absolute Gasteiger partial charge is 0.334 e. The van der Waals surface area contributed by atoms with Crippen LogP contribution in [0.2, 0.25) is 0 Å². The fraction of sp³-hybridized carbons (Fsp3) is 0.250. The van der Waals surface area contributed by atoms with E-state index < -0.39 is 0 Å². The summed E-state index contributed by atoms with van der Waals surface area (Å²) in [5.41, 5.74) is 4.00. The first kappa shape index (κ1) is 16.8. The zero-order chi connectivity index (χ0) is 17.3. The highest BCUT2D eigenvalue weighted by Gasteiger charge is 2.24. The number of hydrogen-bond donors (Lipinski definition) is 0. The van der Waals surface area contributed by atoms with Crippen LogP contribution in [0.4, 0.5) is 4.39 Å². The van der Waals surface area contributed by atoms with E-state index in [1.54, 1.807) is 23.9 Å². The zero-order valence-electron chi connectivity index (χ0n) is 14.4. The maximum Gasteiger partial charge on any atom is 0.128 e. The number of thioether (sulfide) groups is 1. The summed E-state index contributed by atoms with van der Waals surface area (Å²) >= 11 is 1.63. The van der Waals surface area contributed by atoms with Gasteiger partial charge in [0.25, 0.3) is 0 Å². The lowest BCUT2D eigenvalue weighted by atomic mass is 10.1. The van der Waals surface area contributed by atoms with Crippen molar-refractivity contribution in [2.24, 2.45) is 7.05 Å². The molecule has 2 nitrogen and oxygen atoms in total. The van der Waals surface area contributed by atoms with E-state index in [2.05, 4.69) is 36.2 Å². The highest BCUT2D eigenvalue weighted by atomic mass is 32.2. The van der Waals surface area contributed by atoms with E-state index in [0.717, 1.165) is 22.0 Å². The van der Waals surface area contributed by atoms with Crippen LogP contribution < -0.4 is 0 Å². The summed E-state index contributed by atoms with van der Waals surface area (Å²) in [5.74, 6) is 0.674. The van der Waals surface area contributed by atoms with Crippen molar-refractivity contribution in [1.29, 1.82) is 0 Å². The summed E-state index contributed by atoms with van der Waals surface area (Å²) in [6.45, 7) is 6.06. The predicted molar refractivity (Wildman–Crippen MR) is 98.0 cm³/mol. The number of aryl methyl sites for hydroxylation is 3. The average molecular weight is 340 g/mol. The SMILES string of the molecule is Cc1ccc(SC(c2cc(C)ccc2F)c2ncc(C)n2C)cc1. The molecule has 4 heteroatoms. The third-order valence-electron chi connectivity index (χ3n) is 4.20. The van der Waals surface area contributed by atoms with E-state index in [0.29, 0.717) is 5.56 Å². The second-order valence-corrected chi connectivity index (χ2v) is 7.33. The van der Waals surface area contributed by atoms with Gasteiger partial charge in [-0.1, -0.05) is 35.4 Å². The Hall–Kier alpha value is -2.07. The third kappa shape index (κ3) is 3.39. The Labute approximate surface area is 146 Å². The minimum Gasteiger partial charge on any atom is -0.334 e. The topological polar surface area (TPSA) is 17.8 Å². The van der Waals surface area contributed by atoms with Crippen LogP contribution in [0.5, 0.6) is 0 Å². The van der Waals surface area contributed by atoms with Crippen molar-refractivity contribution in [2.45, 2.75) is 30.9 Å². The Bertz CT molecular complexity index is 853. The lowest BCUT2D eigenvalue weighted by molar-refractivity contribution is 0.608. The molecule has 2 aromatic carbocycles. The Morgan fingerprint density at radius 1 is 1.00 bits per heavy atom. The summed E-state index contributed by atoms with van der Waals surface area (Å²) in [5, 5.41) is -0.189. The maximum absolute atomic E-state index is 14.6. The van der Waals surface area contributed by atoms with Crippen LogP contribution in [0, 0.1) is 26.6 Å². The summed E-state index contributed by atoms with van der Waals surface area (Å²) in [6.07, 6.45) is 1.84. The Morgan fingerprint density at radius 3 is 2.29 bits per heavy atom. The Balaban J connectivity index is 2.08. The molecular weight excluding hydrogens is 319 g/mol. The molecule has 0 radical (unpaired) electrons. The molecule has 0 amide bonds. The molecule has 0 aliphatic heterocycles. The fourth-order valence-electron chi connectivity index (χ4n) is 2.63. The maximum atomic E-state index is 14.6. The number of imidazole rings is 1. The van der Waals surface area contributed by atoms with Crippen LogP contribution in [-0.4, -0.2) is 9.55 Å². The van der Waals surface area contributed by atoms with E-state index >= 15 is 0 Å². The van der Waals surface area contributed by atoms with Gasteiger partial charge in [0.15, 0.2) is 0 Å². The lowest BCUT2D eigenvalue weighted by Gasteiger charge is -2.19. The van der Waals surface area contributed by atoms with E-state index in [-0.39, 0.29) is 11.1 Å². The van der Waals surface area contributed by atoms with Crippen molar-refractivity contribution in [2.75, 3.05) is 0 Å². The first-order valence-corrected chi connectivity index (χ1v) is 8.81. The molecule has 0 N–H and O–H groups in total. The lowest BCUT2D eigenvalue weighted by Crippen LogP contribution is -2.08. The van der Waals surface area contributed by atoms with Crippen LogP contribution in [0.15, 0.2) is 53.6 Å². The molecule has 1 heterocycles. The van der Waals surface area contributed by atoms with Gasteiger partial charge in [-0.15, -0.1) is 11.8 Å². The third-order valence-corrected chi connectivity index (χ3v) is 5.44. The number of halogens is 1. The molecular formula is C20H21FN2S. The molecule has 0 saturated heterocycles. The van der Waals surface area contributed by atoms with Crippen molar-refractivity contribution >= 4 is 11.8 Å². The van der Waals surface area contributed by atoms with Crippen LogP contribution >= 0.6 is 11.8 Å². The molecule has 0 saturated carbocycles. The molecule has 0 fully saturated rings. The number of hydrogen-bond acceptors (Lipinski definition) is 2. The van der Waals surface area contributed by atoms with Gasteiger partial charge < -0.3 is 4.57 Å². The second-order valence-electron chi connectivity index (χ2n) is 6.15. The standard InChI is InChI=1S/C20H21FN2S/c1-13-5-8-16(9-6-13)24-19(20-22-12-15(3)23(20)4)17-11-14(2)7-10-18(17)21/h5-12,19H,1-4H3. The Morgan fingerprint density at radius 2 is 1.67 bits per heavy atom. The van der Waals surface area contributed by atoms with Crippen molar-refractivity contribution < 1.29 is 4.39 Å². The predicted octanol–water partition coefficient (Wildman–Crippen LogP) is 5.37. The molecule has 1 aromatic heterocycles. The normalized spacial score (nSPS) is 12.4. The minimum absolute atomic E-state index is 0.189. The molecule has 3 aromatic rings. The highest BCUT2D eigenvalue weighted by Crippen LogP contribution is 2.41. The first-order valence-electron chi connectivity index (χ1n) is 7.93. The quantitative estimate of drug-likeness (QED) is 0.595. The molecule has 3 rings (SSSR count). The van der Waals surface area contributed by atoms with Crippen LogP contribution in [0.3, 0.4) is 0 Å². The van der Waals surface area contributed by atoms with Crippen LogP contribution in [-0.2, 0) is 7.05 Å². The minimum atomic E-state index is -0.189. The van der Waals surface area contributed by atoms with E-state index in [1.165, 1.54) is 5.56 Å². The summed E-state index contributed by atoms with van der Waals surface area (Å²) < 4.78 is 16.6. The molecule has 1 atom stereocenters. The average Bonchev–Trinajstić information content (AvgIpc) is 2.89.